The van der Waals surface area contributed by atoms with Crippen LogP contribution in [0.4, 0.5) is 0 Å². The van der Waals surface area contributed by atoms with E-state index in [0.717, 1.165) is 27.7 Å². The second kappa shape index (κ2) is 7.14. The molecule has 0 amide bonds. The predicted molar refractivity (Wildman–Crippen MR) is 116 cm³/mol. The molecule has 3 aliphatic rings. The Bertz CT molecular complexity index is 1060. The van der Waals surface area contributed by atoms with E-state index in [1.165, 1.54) is 11.1 Å². The Morgan fingerprint density at radius 3 is 2.25 bits per heavy atom. The van der Waals surface area contributed by atoms with Gasteiger partial charge in [-0.05, 0) is 40.8 Å². The number of hydrogen-bond acceptors (Lipinski definition) is 2. The Morgan fingerprint density at radius 1 is 0.821 bits per heavy atom. The molecule has 0 saturated carbocycles. The minimum Gasteiger partial charge on any atom is -0.299 e. The van der Waals surface area contributed by atoms with Gasteiger partial charge in [0, 0.05) is 16.8 Å². The number of rotatable bonds is 2. The molecular formula is C25H20BrNO. The maximum absolute atomic E-state index is 13.2. The van der Waals surface area contributed by atoms with Crippen LogP contribution in [0.15, 0.2) is 88.3 Å². The standard InChI is InChI=1S/C25H20BrNO/c26-18-12-10-16(11-13-18)23-22(28)15-14-21-19-8-4-5-9-20(19)25(23)27-24(21)17-6-2-1-3-7-17/h1-13,21,23,25H,14-15H2. The summed E-state index contributed by atoms with van der Waals surface area (Å²) in [5.41, 5.74) is 5.86. The number of halogens is 1. The van der Waals surface area contributed by atoms with Crippen molar-refractivity contribution in [3.63, 3.8) is 0 Å². The Morgan fingerprint density at radius 2 is 1.50 bits per heavy atom. The fraction of sp³-hybridized carbons (Fsp3) is 0.200. The number of nitrogens with zero attached hydrogens (tertiary/aromatic N) is 1. The average molecular weight is 430 g/mol. The van der Waals surface area contributed by atoms with Crippen molar-refractivity contribution in [2.75, 3.05) is 0 Å². The first-order valence-electron chi connectivity index (χ1n) is 9.72. The molecule has 0 spiro atoms. The van der Waals surface area contributed by atoms with Crippen molar-refractivity contribution in [2.45, 2.75) is 30.7 Å². The molecule has 28 heavy (non-hydrogen) atoms. The highest BCUT2D eigenvalue weighted by atomic mass is 79.9. The molecule has 3 aromatic rings. The zero-order valence-corrected chi connectivity index (χ0v) is 17.0. The van der Waals surface area contributed by atoms with Crippen LogP contribution in [0.3, 0.4) is 0 Å². The van der Waals surface area contributed by atoms with E-state index in [-0.39, 0.29) is 17.9 Å². The first-order valence-corrected chi connectivity index (χ1v) is 10.5. The number of carbonyl (C=O) groups excluding carboxylic acids is 1. The van der Waals surface area contributed by atoms with Crippen molar-refractivity contribution in [3.8, 4) is 0 Å². The Labute approximate surface area is 173 Å². The molecule has 3 aromatic carbocycles. The van der Waals surface area contributed by atoms with Gasteiger partial charge in [-0.15, -0.1) is 0 Å². The number of ketones is 1. The van der Waals surface area contributed by atoms with Crippen molar-refractivity contribution in [3.05, 3.63) is 106 Å². The first kappa shape index (κ1) is 17.6. The topological polar surface area (TPSA) is 29.4 Å². The number of hydrogen-bond donors (Lipinski definition) is 0. The molecule has 2 bridgehead atoms. The molecule has 0 N–H and O–H groups in total. The van der Waals surface area contributed by atoms with Crippen LogP contribution in [-0.2, 0) is 4.79 Å². The summed E-state index contributed by atoms with van der Waals surface area (Å²) in [4.78, 5) is 18.4. The van der Waals surface area contributed by atoms with Crippen molar-refractivity contribution in [1.82, 2.24) is 0 Å². The minimum absolute atomic E-state index is 0.170. The van der Waals surface area contributed by atoms with Gasteiger partial charge in [0.05, 0.1) is 17.7 Å². The molecule has 3 unspecified atom stereocenters. The Hall–Kier alpha value is -2.52. The average Bonchev–Trinajstić information content (AvgIpc) is 2.73. The van der Waals surface area contributed by atoms with Crippen molar-refractivity contribution in [2.24, 2.45) is 4.99 Å². The van der Waals surface area contributed by atoms with E-state index in [4.69, 9.17) is 4.99 Å². The van der Waals surface area contributed by atoms with Crippen LogP contribution < -0.4 is 0 Å². The van der Waals surface area contributed by atoms with Gasteiger partial charge in [0.1, 0.15) is 5.78 Å². The van der Waals surface area contributed by atoms with E-state index in [1.807, 2.05) is 18.2 Å². The first-order chi connectivity index (χ1) is 13.7. The zero-order chi connectivity index (χ0) is 19.1. The molecule has 1 aliphatic carbocycles. The molecule has 3 atom stereocenters. The summed E-state index contributed by atoms with van der Waals surface area (Å²) in [6.07, 6.45) is 1.39. The van der Waals surface area contributed by atoms with Gasteiger partial charge in [0.15, 0.2) is 0 Å². The lowest BCUT2D eigenvalue weighted by atomic mass is 9.71. The second-order valence-corrected chi connectivity index (χ2v) is 8.46. The van der Waals surface area contributed by atoms with Crippen LogP contribution >= 0.6 is 15.9 Å². The van der Waals surface area contributed by atoms with Crippen LogP contribution in [-0.4, -0.2) is 11.5 Å². The van der Waals surface area contributed by atoms with E-state index < -0.39 is 0 Å². The third kappa shape index (κ3) is 2.94. The quantitative estimate of drug-likeness (QED) is 0.474. The van der Waals surface area contributed by atoms with Gasteiger partial charge in [0.2, 0.25) is 0 Å². The summed E-state index contributed by atoms with van der Waals surface area (Å²) in [5, 5.41) is 0. The molecule has 0 aromatic heterocycles. The zero-order valence-electron chi connectivity index (χ0n) is 15.4. The van der Waals surface area contributed by atoms with Gasteiger partial charge >= 0.3 is 0 Å². The van der Waals surface area contributed by atoms with E-state index in [9.17, 15) is 4.79 Å². The predicted octanol–water partition coefficient (Wildman–Crippen LogP) is 6.22. The van der Waals surface area contributed by atoms with Crippen molar-refractivity contribution < 1.29 is 4.79 Å². The number of benzene rings is 3. The van der Waals surface area contributed by atoms with Gasteiger partial charge in [-0.3, -0.25) is 9.79 Å². The number of aliphatic imine (C=N–C) groups is 1. The van der Waals surface area contributed by atoms with Crippen molar-refractivity contribution >= 4 is 27.4 Å². The summed E-state index contributed by atoms with van der Waals surface area (Å²) in [7, 11) is 0. The SMILES string of the molecule is O=C1CCC2C(c3ccccc3)=NC(c3ccccc32)C1c1ccc(Br)cc1. The summed E-state index contributed by atoms with van der Waals surface area (Å²) in [5.74, 6) is 0.238. The van der Waals surface area contributed by atoms with Gasteiger partial charge in [-0.2, -0.15) is 0 Å². The van der Waals surface area contributed by atoms with Crippen LogP contribution in [0.2, 0.25) is 0 Å². The summed E-state index contributed by atoms with van der Waals surface area (Å²) in [6, 6.07) is 26.9. The number of carbonyl (C=O) groups is 1. The van der Waals surface area contributed by atoms with Gasteiger partial charge < -0.3 is 0 Å². The number of fused-ring (bicyclic) bond motifs is 3. The highest BCUT2D eigenvalue weighted by Crippen LogP contribution is 2.47. The normalized spacial score (nSPS) is 23.5. The lowest BCUT2D eigenvalue weighted by Crippen LogP contribution is -2.32. The maximum Gasteiger partial charge on any atom is 0.142 e. The van der Waals surface area contributed by atoms with Crippen molar-refractivity contribution in [1.29, 1.82) is 0 Å². The van der Waals surface area contributed by atoms with E-state index in [1.54, 1.807) is 0 Å². The lowest BCUT2D eigenvalue weighted by Gasteiger charge is -2.37. The highest BCUT2D eigenvalue weighted by Gasteiger charge is 2.40. The molecule has 138 valence electrons. The molecule has 6 rings (SSSR count). The molecular weight excluding hydrogens is 410 g/mol. The summed E-state index contributed by atoms with van der Waals surface area (Å²) < 4.78 is 1.02. The van der Waals surface area contributed by atoms with Gasteiger partial charge in [0.25, 0.3) is 0 Å². The van der Waals surface area contributed by atoms with Crippen LogP contribution in [0.1, 0.15) is 53.0 Å². The van der Waals surface area contributed by atoms with Gasteiger partial charge in [-0.25, -0.2) is 0 Å². The largest absolute Gasteiger partial charge is 0.299 e. The van der Waals surface area contributed by atoms with Crippen LogP contribution in [0, 0.1) is 0 Å². The smallest absolute Gasteiger partial charge is 0.142 e. The number of Topliss-reactive ketones (excluding diaryl/α,β-unsaturated/α-hetero) is 1. The lowest BCUT2D eigenvalue weighted by molar-refractivity contribution is -0.121. The molecule has 2 nitrogen and oxygen atoms in total. The molecule has 3 heteroatoms. The molecule has 0 radical (unpaired) electrons. The third-order valence-corrected chi connectivity index (χ3v) is 6.47. The van der Waals surface area contributed by atoms with Gasteiger partial charge in [-0.1, -0.05) is 82.7 Å². The fourth-order valence-electron chi connectivity index (χ4n) is 4.64. The summed E-state index contributed by atoms with van der Waals surface area (Å²) >= 11 is 3.51. The molecule has 2 heterocycles. The van der Waals surface area contributed by atoms with E-state index in [0.29, 0.717) is 12.2 Å². The second-order valence-electron chi connectivity index (χ2n) is 7.54. The molecule has 2 aliphatic heterocycles. The van der Waals surface area contributed by atoms with Crippen LogP contribution in [0.5, 0.6) is 0 Å². The molecule has 0 fully saturated rings. The monoisotopic (exact) mass is 429 g/mol. The summed E-state index contributed by atoms with van der Waals surface area (Å²) in [6.45, 7) is 0. The fourth-order valence-corrected chi connectivity index (χ4v) is 4.91. The minimum atomic E-state index is -0.241. The van der Waals surface area contributed by atoms with E-state index >= 15 is 0 Å². The maximum atomic E-state index is 13.2. The Balaban J connectivity index is 1.72. The van der Waals surface area contributed by atoms with E-state index in [2.05, 4.69) is 76.6 Å². The molecule has 0 saturated heterocycles. The Kier molecular flexibility index (Phi) is 4.48. The van der Waals surface area contributed by atoms with Crippen LogP contribution in [0.25, 0.3) is 0 Å². The third-order valence-electron chi connectivity index (χ3n) is 5.94. The highest BCUT2D eigenvalue weighted by molar-refractivity contribution is 9.10.